The van der Waals surface area contributed by atoms with Gasteiger partial charge in [0, 0.05) is 24.7 Å². The average molecular weight is 183 g/mol. The third-order valence-electron chi connectivity index (χ3n) is 2.59. The van der Waals surface area contributed by atoms with E-state index < -0.39 is 6.03 Å². The molecule has 72 valence electrons. The van der Waals surface area contributed by atoms with Crippen molar-refractivity contribution in [3.05, 3.63) is 0 Å². The predicted octanol–water partition coefficient (Wildman–Crippen LogP) is 0.210. The van der Waals surface area contributed by atoms with Gasteiger partial charge in [-0.05, 0) is 12.8 Å². The highest BCUT2D eigenvalue weighted by Gasteiger charge is 2.40. The standard InChI is InChI=1S/C8H13N3O2/c9-8(12)11-10-6-4-7-5(6)2-1-3-13-7/h5,7H,1-4H2,(H3,9,11,12)/b10-6-. The van der Waals surface area contributed by atoms with E-state index in [-0.39, 0.29) is 0 Å². The second-order valence-corrected chi connectivity index (χ2v) is 3.44. The molecule has 0 aromatic carbocycles. The molecule has 1 saturated heterocycles. The molecule has 3 N–H and O–H groups in total. The fraction of sp³-hybridized carbons (Fsp3) is 0.750. The Hall–Kier alpha value is -1.10. The number of hydrogen-bond acceptors (Lipinski definition) is 3. The van der Waals surface area contributed by atoms with Gasteiger partial charge in [-0.25, -0.2) is 10.2 Å². The number of ether oxygens (including phenoxy) is 1. The van der Waals surface area contributed by atoms with Crippen molar-refractivity contribution in [3.8, 4) is 0 Å². The molecule has 2 fully saturated rings. The van der Waals surface area contributed by atoms with Gasteiger partial charge in [0.15, 0.2) is 0 Å². The van der Waals surface area contributed by atoms with E-state index in [4.69, 9.17) is 10.5 Å². The number of nitrogens with one attached hydrogen (secondary N) is 1. The smallest absolute Gasteiger partial charge is 0.332 e. The lowest BCUT2D eigenvalue weighted by molar-refractivity contribution is -0.0229. The van der Waals surface area contributed by atoms with Gasteiger partial charge < -0.3 is 10.5 Å². The van der Waals surface area contributed by atoms with Gasteiger partial charge in [-0.2, -0.15) is 5.10 Å². The Morgan fingerprint density at radius 3 is 3.23 bits per heavy atom. The number of primary amides is 1. The van der Waals surface area contributed by atoms with Gasteiger partial charge in [0.05, 0.1) is 6.10 Å². The fourth-order valence-electron chi connectivity index (χ4n) is 1.87. The van der Waals surface area contributed by atoms with Crippen LogP contribution < -0.4 is 11.2 Å². The fourth-order valence-corrected chi connectivity index (χ4v) is 1.87. The van der Waals surface area contributed by atoms with Crippen molar-refractivity contribution in [1.82, 2.24) is 5.43 Å². The summed E-state index contributed by atoms with van der Waals surface area (Å²) < 4.78 is 5.49. The Morgan fingerprint density at radius 1 is 1.69 bits per heavy atom. The van der Waals surface area contributed by atoms with Crippen LogP contribution in [0.1, 0.15) is 19.3 Å². The van der Waals surface area contributed by atoms with Gasteiger partial charge in [0.1, 0.15) is 0 Å². The van der Waals surface area contributed by atoms with E-state index >= 15 is 0 Å². The van der Waals surface area contributed by atoms with Crippen LogP contribution in [0.5, 0.6) is 0 Å². The Labute approximate surface area is 76.3 Å². The molecule has 0 radical (unpaired) electrons. The Kier molecular flexibility index (Phi) is 2.18. The summed E-state index contributed by atoms with van der Waals surface area (Å²) in [5.74, 6) is 0.417. The normalized spacial score (nSPS) is 34.9. The molecule has 2 aliphatic rings. The number of hydrogen-bond donors (Lipinski definition) is 2. The molecule has 0 aromatic rings. The van der Waals surface area contributed by atoms with Crippen molar-refractivity contribution < 1.29 is 9.53 Å². The Bertz CT molecular complexity index is 252. The lowest BCUT2D eigenvalue weighted by Crippen LogP contribution is -2.47. The van der Waals surface area contributed by atoms with E-state index in [1.807, 2.05) is 0 Å². The molecule has 1 aliphatic carbocycles. The van der Waals surface area contributed by atoms with Crippen LogP contribution in [0.15, 0.2) is 5.10 Å². The molecular formula is C8H13N3O2. The number of rotatable bonds is 1. The van der Waals surface area contributed by atoms with Crippen LogP contribution in [-0.4, -0.2) is 24.5 Å². The summed E-state index contributed by atoms with van der Waals surface area (Å²) in [7, 11) is 0. The number of nitrogens with two attached hydrogens (primary N) is 1. The van der Waals surface area contributed by atoms with Crippen LogP contribution in [0.25, 0.3) is 0 Å². The highest BCUT2D eigenvalue weighted by atomic mass is 16.5. The number of nitrogens with zero attached hydrogens (tertiary/aromatic N) is 1. The minimum atomic E-state index is -0.604. The summed E-state index contributed by atoms with van der Waals surface area (Å²) in [5.41, 5.74) is 8.17. The summed E-state index contributed by atoms with van der Waals surface area (Å²) in [6, 6.07) is -0.604. The zero-order chi connectivity index (χ0) is 9.26. The Morgan fingerprint density at radius 2 is 2.54 bits per heavy atom. The first kappa shape index (κ1) is 8.50. The van der Waals surface area contributed by atoms with Crippen molar-refractivity contribution in [2.75, 3.05) is 6.61 Å². The number of carbonyl (C=O) groups is 1. The highest BCUT2D eigenvalue weighted by molar-refractivity contribution is 5.94. The van der Waals surface area contributed by atoms with Crippen LogP contribution in [0.2, 0.25) is 0 Å². The molecule has 0 spiro atoms. The first-order valence-electron chi connectivity index (χ1n) is 4.51. The third kappa shape index (κ3) is 1.65. The number of carbonyl (C=O) groups excluding carboxylic acids is 1. The maximum absolute atomic E-state index is 10.4. The average Bonchev–Trinajstić information content (AvgIpc) is 2.06. The summed E-state index contributed by atoms with van der Waals surface area (Å²) in [5, 5.41) is 3.93. The van der Waals surface area contributed by atoms with E-state index in [9.17, 15) is 4.79 Å². The van der Waals surface area contributed by atoms with E-state index in [0.717, 1.165) is 31.6 Å². The van der Waals surface area contributed by atoms with Crippen LogP contribution in [-0.2, 0) is 4.74 Å². The molecule has 5 heteroatoms. The molecule has 5 nitrogen and oxygen atoms in total. The molecule has 2 rings (SSSR count). The van der Waals surface area contributed by atoms with Gasteiger partial charge in [-0.3, -0.25) is 0 Å². The van der Waals surface area contributed by atoms with Crippen LogP contribution >= 0.6 is 0 Å². The summed E-state index contributed by atoms with van der Waals surface area (Å²) in [6.07, 6.45) is 3.37. The first-order chi connectivity index (χ1) is 6.27. The summed E-state index contributed by atoms with van der Waals surface area (Å²) >= 11 is 0. The van der Waals surface area contributed by atoms with Crippen LogP contribution in [0, 0.1) is 5.92 Å². The molecule has 2 atom stereocenters. The van der Waals surface area contributed by atoms with Crippen molar-refractivity contribution in [3.63, 3.8) is 0 Å². The van der Waals surface area contributed by atoms with Gasteiger partial charge in [-0.15, -0.1) is 0 Å². The number of urea groups is 1. The molecular weight excluding hydrogens is 170 g/mol. The maximum atomic E-state index is 10.4. The zero-order valence-corrected chi connectivity index (χ0v) is 7.32. The Balaban J connectivity index is 1.89. The van der Waals surface area contributed by atoms with E-state index in [2.05, 4.69) is 10.5 Å². The minimum Gasteiger partial charge on any atom is -0.377 e. The quantitative estimate of drug-likeness (QED) is 0.570. The molecule has 0 aromatic heterocycles. The number of amides is 2. The predicted molar refractivity (Wildman–Crippen MR) is 47.2 cm³/mol. The largest absolute Gasteiger partial charge is 0.377 e. The van der Waals surface area contributed by atoms with E-state index in [0.29, 0.717) is 12.0 Å². The highest BCUT2D eigenvalue weighted by Crippen LogP contribution is 2.34. The molecule has 2 amide bonds. The molecule has 1 heterocycles. The second-order valence-electron chi connectivity index (χ2n) is 3.44. The second kappa shape index (κ2) is 3.33. The summed E-state index contributed by atoms with van der Waals surface area (Å²) in [6.45, 7) is 0.859. The van der Waals surface area contributed by atoms with Crippen LogP contribution in [0.4, 0.5) is 4.79 Å². The number of fused-ring (bicyclic) bond motifs is 1. The van der Waals surface area contributed by atoms with Crippen molar-refractivity contribution in [2.45, 2.75) is 25.4 Å². The van der Waals surface area contributed by atoms with E-state index in [1.165, 1.54) is 0 Å². The third-order valence-corrected chi connectivity index (χ3v) is 2.59. The zero-order valence-electron chi connectivity index (χ0n) is 7.32. The van der Waals surface area contributed by atoms with Crippen molar-refractivity contribution in [1.29, 1.82) is 0 Å². The maximum Gasteiger partial charge on any atom is 0.332 e. The SMILES string of the molecule is NC(=O)N/N=C1/CC2OCCCC12. The molecule has 2 unspecified atom stereocenters. The van der Waals surface area contributed by atoms with Crippen molar-refractivity contribution >= 4 is 11.7 Å². The first-order valence-corrected chi connectivity index (χ1v) is 4.51. The minimum absolute atomic E-state index is 0.335. The molecule has 0 bridgehead atoms. The lowest BCUT2D eigenvalue weighted by atomic mass is 9.75. The van der Waals surface area contributed by atoms with Crippen LogP contribution in [0.3, 0.4) is 0 Å². The monoisotopic (exact) mass is 183 g/mol. The van der Waals surface area contributed by atoms with E-state index in [1.54, 1.807) is 0 Å². The van der Waals surface area contributed by atoms with Crippen molar-refractivity contribution in [2.24, 2.45) is 16.8 Å². The molecule has 1 saturated carbocycles. The van der Waals surface area contributed by atoms with Gasteiger partial charge >= 0.3 is 6.03 Å². The summed E-state index contributed by atoms with van der Waals surface area (Å²) in [4.78, 5) is 10.4. The topological polar surface area (TPSA) is 76.7 Å². The molecule has 13 heavy (non-hydrogen) atoms. The number of hydrazone groups is 1. The van der Waals surface area contributed by atoms with Gasteiger partial charge in [-0.1, -0.05) is 0 Å². The lowest BCUT2D eigenvalue weighted by Gasteiger charge is -2.41. The van der Waals surface area contributed by atoms with Gasteiger partial charge in [0.2, 0.25) is 0 Å². The van der Waals surface area contributed by atoms with Gasteiger partial charge in [0.25, 0.3) is 0 Å². The molecule has 1 aliphatic heterocycles.